The molecule has 0 fully saturated rings. The Morgan fingerprint density at radius 1 is 1.42 bits per heavy atom. The lowest BCUT2D eigenvalue weighted by Gasteiger charge is -2.08. The minimum Gasteiger partial charge on any atom is -0.355 e. The summed E-state index contributed by atoms with van der Waals surface area (Å²) in [5.74, 6) is 1.03. The first-order valence-electron chi connectivity index (χ1n) is 6.46. The van der Waals surface area contributed by atoms with Crippen LogP contribution in [0.25, 0.3) is 0 Å². The molecule has 0 radical (unpaired) electrons. The molecule has 0 aromatic heterocycles. The molecule has 0 heterocycles. The van der Waals surface area contributed by atoms with Crippen LogP contribution in [0.2, 0.25) is 0 Å². The molecule has 1 aromatic rings. The number of carbonyl (C=O) groups is 1. The second kappa shape index (κ2) is 8.93. The SMILES string of the molecule is CCC(N)CSCC(=O)NCCc1ccc(F)cc1. The van der Waals surface area contributed by atoms with Crippen LogP contribution in [0.1, 0.15) is 18.9 Å². The van der Waals surface area contributed by atoms with Gasteiger partial charge in [-0.05, 0) is 30.5 Å². The van der Waals surface area contributed by atoms with Gasteiger partial charge in [0.2, 0.25) is 5.91 Å². The minimum atomic E-state index is -0.239. The predicted octanol–water partition coefficient (Wildman–Crippen LogP) is 1.95. The van der Waals surface area contributed by atoms with Crippen LogP contribution in [0.15, 0.2) is 24.3 Å². The number of hydrogen-bond acceptors (Lipinski definition) is 3. The van der Waals surface area contributed by atoms with Crippen molar-refractivity contribution in [2.24, 2.45) is 5.73 Å². The Balaban J connectivity index is 2.11. The molecular weight excluding hydrogens is 263 g/mol. The quantitative estimate of drug-likeness (QED) is 0.767. The first kappa shape index (κ1) is 16.0. The van der Waals surface area contributed by atoms with Gasteiger partial charge < -0.3 is 11.1 Å². The third kappa shape index (κ3) is 7.18. The van der Waals surface area contributed by atoms with Crippen LogP contribution in [0.5, 0.6) is 0 Å². The lowest BCUT2D eigenvalue weighted by molar-refractivity contribution is -0.118. The molecule has 3 nitrogen and oxygen atoms in total. The van der Waals surface area contributed by atoms with Gasteiger partial charge in [0.1, 0.15) is 5.82 Å². The first-order valence-corrected chi connectivity index (χ1v) is 7.61. The smallest absolute Gasteiger partial charge is 0.230 e. The van der Waals surface area contributed by atoms with Crippen molar-refractivity contribution in [2.45, 2.75) is 25.8 Å². The van der Waals surface area contributed by atoms with Crippen LogP contribution in [0, 0.1) is 5.82 Å². The normalized spacial score (nSPS) is 12.2. The number of halogens is 1. The second-order valence-corrected chi connectivity index (χ2v) is 5.44. The highest BCUT2D eigenvalue weighted by Crippen LogP contribution is 2.04. The molecule has 0 aliphatic carbocycles. The number of nitrogens with one attached hydrogen (secondary N) is 1. The summed E-state index contributed by atoms with van der Waals surface area (Å²) in [5.41, 5.74) is 6.78. The maximum absolute atomic E-state index is 12.7. The average Bonchev–Trinajstić information content (AvgIpc) is 2.41. The molecule has 0 aliphatic rings. The van der Waals surface area contributed by atoms with E-state index in [1.165, 1.54) is 12.1 Å². The zero-order valence-corrected chi connectivity index (χ0v) is 12.0. The number of carbonyl (C=O) groups excluding carboxylic acids is 1. The van der Waals surface area contributed by atoms with Crippen molar-refractivity contribution in [3.8, 4) is 0 Å². The Labute approximate surface area is 118 Å². The molecule has 0 saturated carbocycles. The standard InChI is InChI=1S/C14H21FN2OS/c1-2-13(16)9-19-10-14(18)17-8-7-11-3-5-12(15)6-4-11/h3-6,13H,2,7-10,16H2,1H3,(H,17,18). The highest BCUT2D eigenvalue weighted by atomic mass is 32.2. The molecule has 0 bridgehead atoms. The van der Waals surface area contributed by atoms with Crippen LogP contribution in [0.4, 0.5) is 4.39 Å². The maximum Gasteiger partial charge on any atom is 0.230 e. The van der Waals surface area contributed by atoms with Gasteiger partial charge in [0.15, 0.2) is 0 Å². The molecule has 0 saturated heterocycles. The highest BCUT2D eigenvalue weighted by molar-refractivity contribution is 7.99. The largest absolute Gasteiger partial charge is 0.355 e. The zero-order chi connectivity index (χ0) is 14.1. The lowest BCUT2D eigenvalue weighted by atomic mass is 10.1. The molecule has 19 heavy (non-hydrogen) atoms. The molecule has 106 valence electrons. The summed E-state index contributed by atoms with van der Waals surface area (Å²) in [6.45, 7) is 2.61. The Morgan fingerprint density at radius 2 is 2.11 bits per heavy atom. The average molecular weight is 284 g/mol. The van der Waals surface area contributed by atoms with Crippen LogP contribution < -0.4 is 11.1 Å². The Morgan fingerprint density at radius 3 is 2.74 bits per heavy atom. The summed E-state index contributed by atoms with van der Waals surface area (Å²) in [6.07, 6.45) is 1.64. The van der Waals surface area contributed by atoms with Crippen molar-refractivity contribution >= 4 is 17.7 Å². The lowest BCUT2D eigenvalue weighted by Crippen LogP contribution is -2.28. The monoisotopic (exact) mass is 284 g/mol. The van der Waals surface area contributed by atoms with Crippen molar-refractivity contribution < 1.29 is 9.18 Å². The van der Waals surface area contributed by atoms with E-state index in [0.717, 1.165) is 17.7 Å². The van der Waals surface area contributed by atoms with Crippen molar-refractivity contribution in [1.29, 1.82) is 0 Å². The van der Waals surface area contributed by atoms with Gasteiger partial charge in [-0.15, -0.1) is 0 Å². The molecule has 1 aromatic carbocycles. The summed E-state index contributed by atoms with van der Waals surface area (Å²) in [6, 6.07) is 6.49. The van der Waals surface area contributed by atoms with Crippen LogP contribution in [-0.2, 0) is 11.2 Å². The molecule has 1 unspecified atom stereocenters. The Hall–Kier alpha value is -1.07. The van der Waals surface area contributed by atoms with E-state index in [2.05, 4.69) is 5.32 Å². The number of benzene rings is 1. The van der Waals surface area contributed by atoms with Gasteiger partial charge in [-0.3, -0.25) is 4.79 Å². The van der Waals surface area contributed by atoms with Crippen molar-refractivity contribution in [3.63, 3.8) is 0 Å². The molecular formula is C14H21FN2OS. The van der Waals surface area contributed by atoms with E-state index < -0.39 is 0 Å². The summed E-state index contributed by atoms with van der Waals surface area (Å²) in [5, 5.41) is 2.84. The summed E-state index contributed by atoms with van der Waals surface area (Å²) < 4.78 is 12.7. The fraction of sp³-hybridized carbons (Fsp3) is 0.500. The fourth-order valence-electron chi connectivity index (χ4n) is 1.47. The van der Waals surface area contributed by atoms with Crippen molar-refractivity contribution in [3.05, 3.63) is 35.6 Å². The first-order chi connectivity index (χ1) is 9.11. The van der Waals surface area contributed by atoms with Gasteiger partial charge in [-0.1, -0.05) is 19.1 Å². The van der Waals surface area contributed by atoms with Gasteiger partial charge >= 0.3 is 0 Å². The summed E-state index contributed by atoms with van der Waals surface area (Å²) >= 11 is 1.56. The molecule has 0 aliphatic heterocycles. The molecule has 1 atom stereocenters. The van der Waals surface area contributed by atoms with Gasteiger partial charge in [0.25, 0.3) is 0 Å². The van der Waals surface area contributed by atoms with E-state index in [1.54, 1.807) is 23.9 Å². The minimum absolute atomic E-state index is 0.0235. The van der Waals surface area contributed by atoms with E-state index in [-0.39, 0.29) is 17.8 Å². The van der Waals surface area contributed by atoms with E-state index in [1.807, 2.05) is 6.92 Å². The molecule has 0 spiro atoms. The number of hydrogen-bond donors (Lipinski definition) is 2. The number of nitrogens with two attached hydrogens (primary N) is 1. The number of rotatable bonds is 8. The third-order valence-electron chi connectivity index (χ3n) is 2.74. The fourth-order valence-corrected chi connectivity index (χ4v) is 2.41. The van der Waals surface area contributed by atoms with Gasteiger partial charge in [0.05, 0.1) is 5.75 Å². The van der Waals surface area contributed by atoms with Gasteiger partial charge in [-0.25, -0.2) is 4.39 Å². The molecule has 1 amide bonds. The van der Waals surface area contributed by atoms with E-state index in [9.17, 15) is 9.18 Å². The Kier molecular flexibility index (Phi) is 7.52. The van der Waals surface area contributed by atoms with Crippen LogP contribution in [0.3, 0.4) is 0 Å². The predicted molar refractivity (Wildman–Crippen MR) is 78.7 cm³/mol. The Bertz CT molecular complexity index is 384. The van der Waals surface area contributed by atoms with E-state index in [0.29, 0.717) is 18.7 Å². The van der Waals surface area contributed by atoms with Crippen LogP contribution in [-0.4, -0.2) is 30.0 Å². The summed E-state index contributed by atoms with van der Waals surface area (Å²) in [7, 11) is 0. The molecule has 3 N–H and O–H groups in total. The maximum atomic E-state index is 12.7. The number of thioether (sulfide) groups is 1. The molecule has 1 rings (SSSR count). The van der Waals surface area contributed by atoms with Gasteiger partial charge in [0, 0.05) is 18.3 Å². The van der Waals surface area contributed by atoms with E-state index in [4.69, 9.17) is 5.73 Å². The second-order valence-electron chi connectivity index (χ2n) is 4.41. The topological polar surface area (TPSA) is 55.1 Å². The van der Waals surface area contributed by atoms with Crippen molar-refractivity contribution in [2.75, 3.05) is 18.1 Å². The van der Waals surface area contributed by atoms with Crippen molar-refractivity contribution in [1.82, 2.24) is 5.32 Å². The van der Waals surface area contributed by atoms with E-state index >= 15 is 0 Å². The van der Waals surface area contributed by atoms with Gasteiger partial charge in [-0.2, -0.15) is 11.8 Å². The van der Waals surface area contributed by atoms with Crippen LogP contribution >= 0.6 is 11.8 Å². The molecule has 5 heteroatoms. The zero-order valence-electron chi connectivity index (χ0n) is 11.2. The third-order valence-corrected chi connectivity index (χ3v) is 3.87. The highest BCUT2D eigenvalue weighted by Gasteiger charge is 2.04. The summed E-state index contributed by atoms with van der Waals surface area (Å²) in [4.78, 5) is 11.5. The number of amides is 1.